The van der Waals surface area contributed by atoms with E-state index < -0.39 is 0 Å². The third kappa shape index (κ3) is 3.98. The van der Waals surface area contributed by atoms with Crippen molar-refractivity contribution in [1.82, 2.24) is 10.3 Å². The normalized spacial score (nSPS) is 14.2. The fourth-order valence-electron chi connectivity index (χ4n) is 1.56. The number of nitrogens with two attached hydrogens (primary N) is 1. The number of rotatable bonds is 5. The monoisotopic (exact) mass is 221 g/mol. The number of pyridine rings is 1. The van der Waals surface area contributed by atoms with E-state index in [-0.39, 0.29) is 18.0 Å². The minimum atomic E-state index is -0.102. The SMILES string of the molecule is CCC(NC(=O)CC(C)N)c1ccncc1. The molecule has 16 heavy (non-hydrogen) atoms. The predicted octanol–water partition coefficient (Wildman–Crippen LogP) is 1.39. The summed E-state index contributed by atoms with van der Waals surface area (Å²) in [7, 11) is 0. The first-order chi connectivity index (χ1) is 7.63. The molecule has 0 aliphatic heterocycles. The highest BCUT2D eigenvalue weighted by molar-refractivity contribution is 5.77. The van der Waals surface area contributed by atoms with Gasteiger partial charge in [-0.2, -0.15) is 0 Å². The number of nitrogens with one attached hydrogen (secondary N) is 1. The second-order valence-corrected chi connectivity index (χ2v) is 3.99. The molecule has 0 bridgehead atoms. The first-order valence-electron chi connectivity index (χ1n) is 5.58. The summed E-state index contributed by atoms with van der Waals surface area (Å²) in [5, 5.41) is 2.97. The van der Waals surface area contributed by atoms with Crippen LogP contribution in [0.25, 0.3) is 0 Å². The largest absolute Gasteiger partial charge is 0.349 e. The zero-order valence-corrected chi connectivity index (χ0v) is 9.81. The average Bonchev–Trinajstić information content (AvgIpc) is 2.26. The van der Waals surface area contributed by atoms with E-state index >= 15 is 0 Å². The minimum Gasteiger partial charge on any atom is -0.349 e. The van der Waals surface area contributed by atoms with E-state index in [0.29, 0.717) is 6.42 Å². The summed E-state index contributed by atoms with van der Waals surface area (Å²) in [5.41, 5.74) is 6.66. The summed E-state index contributed by atoms with van der Waals surface area (Å²) >= 11 is 0. The number of hydrogen-bond acceptors (Lipinski definition) is 3. The van der Waals surface area contributed by atoms with Crippen LogP contribution in [0.15, 0.2) is 24.5 Å². The van der Waals surface area contributed by atoms with Crippen molar-refractivity contribution in [2.75, 3.05) is 0 Å². The number of carbonyl (C=O) groups is 1. The van der Waals surface area contributed by atoms with Crippen LogP contribution in [0.5, 0.6) is 0 Å². The molecule has 1 amide bonds. The Morgan fingerprint density at radius 3 is 2.62 bits per heavy atom. The first kappa shape index (κ1) is 12.6. The van der Waals surface area contributed by atoms with Crippen LogP contribution in [-0.4, -0.2) is 16.9 Å². The standard InChI is InChI=1S/C12H19N3O/c1-3-11(10-4-6-14-7-5-10)15-12(16)8-9(2)13/h4-7,9,11H,3,8,13H2,1-2H3,(H,15,16). The molecule has 0 saturated heterocycles. The van der Waals surface area contributed by atoms with Gasteiger partial charge in [0.2, 0.25) is 5.91 Å². The molecular formula is C12H19N3O. The summed E-state index contributed by atoms with van der Waals surface area (Å²) < 4.78 is 0. The Bertz CT molecular complexity index is 324. The molecule has 4 heteroatoms. The number of nitrogens with zero attached hydrogens (tertiary/aromatic N) is 1. The van der Waals surface area contributed by atoms with Crippen molar-refractivity contribution >= 4 is 5.91 Å². The third-order valence-corrected chi connectivity index (χ3v) is 2.36. The maximum Gasteiger partial charge on any atom is 0.222 e. The van der Waals surface area contributed by atoms with Crippen LogP contribution in [0.3, 0.4) is 0 Å². The molecule has 2 unspecified atom stereocenters. The third-order valence-electron chi connectivity index (χ3n) is 2.36. The van der Waals surface area contributed by atoms with Crippen molar-refractivity contribution in [3.8, 4) is 0 Å². The Balaban J connectivity index is 2.59. The Morgan fingerprint density at radius 1 is 1.50 bits per heavy atom. The highest BCUT2D eigenvalue weighted by Gasteiger charge is 2.13. The van der Waals surface area contributed by atoms with Crippen molar-refractivity contribution in [3.63, 3.8) is 0 Å². The molecule has 1 heterocycles. The lowest BCUT2D eigenvalue weighted by Gasteiger charge is -2.17. The molecule has 88 valence electrons. The van der Waals surface area contributed by atoms with Crippen LogP contribution in [-0.2, 0) is 4.79 Å². The highest BCUT2D eigenvalue weighted by Crippen LogP contribution is 2.15. The van der Waals surface area contributed by atoms with Gasteiger partial charge in [-0.05, 0) is 31.0 Å². The predicted molar refractivity (Wildman–Crippen MR) is 63.7 cm³/mol. The molecule has 0 fully saturated rings. The van der Waals surface area contributed by atoms with Gasteiger partial charge in [0.15, 0.2) is 0 Å². The van der Waals surface area contributed by atoms with E-state index in [1.165, 1.54) is 0 Å². The maximum absolute atomic E-state index is 11.6. The van der Waals surface area contributed by atoms with Crippen molar-refractivity contribution in [2.45, 2.75) is 38.8 Å². The number of hydrogen-bond donors (Lipinski definition) is 2. The summed E-state index contributed by atoms with van der Waals surface area (Å²) in [6, 6.07) is 3.78. The van der Waals surface area contributed by atoms with E-state index in [1.807, 2.05) is 26.0 Å². The Morgan fingerprint density at radius 2 is 2.12 bits per heavy atom. The number of carbonyl (C=O) groups excluding carboxylic acids is 1. The second kappa shape index (κ2) is 6.23. The topological polar surface area (TPSA) is 68.0 Å². The summed E-state index contributed by atoms with van der Waals surface area (Å²) in [6.07, 6.45) is 4.68. The average molecular weight is 221 g/mol. The van der Waals surface area contributed by atoms with Crippen molar-refractivity contribution in [2.24, 2.45) is 5.73 Å². The highest BCUT2D eigenvalue weighted by atomic mass is 16.1. The Kier molecular flexibility index (Phi) is 4.92. The van der Waals surface area contributed by atoms with E-state index in [1.54, 1.807) is 12.4 Å². The number of amides is 1. The van der Waals surface area contributed by atoms with Gasteiger partial charge in [-0.3, -0.25) is 9.78 Å². The van der Waals surface area contributed by atoms with Crippen LogP contribution in [0.2, 0.25) is 0 Å². The van der Waals surface area contributed by atoms with Gasteiger partial charge in [0.25, 0.3) is 0 Å². The molecule has 4 nitrogen and oxygen atoms in total. The zero-order chi connectivity index (χ0) is 12.0. The minimum absolute atomic E-state index is 0.00124. The van der Waals surface area contributed by atoms with Crippen LogP contribution < -0.4 is 11.1 Å². The van der Waals surface area contributed by atoms with Gasteiger partial charge in [0, 0.05) is 24.9 Å². The smallest absolute Gasteiger partial charge is 0.222 e. The molecule has 0 saturated carbocycles. The van der Waals surface area contributed by atoms with Gasteiger partial charge < -0.3 is 11.1 Å². The van der Waals surface area contributed by atoms with Gasteiger partial charge in [0.1, 0.15) is 0 Å². The molecule has 1 aromatic heterocycles. The molecular weight excluding hydrogens is 202 g/mol. The molecule has 0 aromatic carbocycles. The molecule has 2 atom stereocenters. The lowest BCUT2D eigenvalue weighted by Crippen LogP contribution is -2.32. The fraction of sp³-hybridized carbons (Fsp3) is 0.500. The van der Waals surface area contributed by atoms with Crippen LogP contribution in [0, 0.1) is 0 Å². The summed E-state index contributed by atoms with van der Waals surface area (Å²) in [5.74, 6) is -0.00124. The van der Waals surface area contributed by atoms with Gasteiger partial charge in [-0.15, -0.1) is 0 Å². The molecule has 0 spiro atoms. The molecule has 1 rings (SSSR count). The van der Waals surface area contributed by atoms with E-state index in [2.05, 4.69) is 10.3 Å². The molecule has 0 radical (unpaired) electrons. The van der Waals surface area contributed by atoms with E-state index in [9.17, 15) is 4.79 Å². The van der Waals surface area contributed by atoms with Crippen LogP contribution in [0.4, 0.5) is 0 Å². The van der Waals surface area contributed by atoms with Crippen LogP contribution >= 0.6 is 0 Å². The van der Waals surface area contributed by atoms with Gasteiger partial charge in [-0.1, -0.05) is 6.92 Å². The maximum atomic E-state index is 11.6. The van der Waals surface area contributed by atoms with Crippen molar-refractivity contribution < 1.29 is 4.79 Å². The Hall–Kier alpha value is -1.42. The number of aromatic nitrogens is 1. The summed E-state index contributed by atoms with van der Waals surface area (Å²) in [6.45, 7) is 3.87. The lowest BCUT2D eigenvalue weighted by atomic mass is 10.1. The van der Waals surface area contributed by atoms with Gasteiger partial charge in [0.05, 0.1) is 6.04 Å². The lowest BCUT2D eigenvalue weighted by molar-refractivity contribution is -0.122. The quantitative estimate of drug-likeness (QED) is 0.789. The van der Waals surface area contributed by atoms with E-state index in [0.717, 1.165) is 12.0 Å². The Labute approximate surface area is 96.3 Å². The zero-order valence-electron chi connectivity index (χ0n) is 9.81. The molecule has 3 N–H and O–H groups in total. The van der Waals surface area contributed by atoms with Crippen LogP contribution in [0.1, 0.15) is 38.3 Å². The molecule has 0 aliphatic carbocycles. The van der Waals surface area contributed by atoms with Crippen molar-refractivity contribution in [3.05, 3.63) is 30.1 Å². The van der Waals surface area contributed by atoms with Gasteiger partial charge >= 0.3 is 0 Å². The first-order valence-corrected chi connectivity index (χ1v) is 5.58. The summed E-state index contributed by atoms with van der Waals surface area (Å²) in [4.78, 5) is 15.5. The molecule has 0 aliphatic rings. The second-order valence-electron chi connectivity index (χ2n) is 3.99. The molecule has 1 aromatic rings. The van der Waals surface area contributed by atoms with Gasteiger partial charge in [-0.25, -0.2) is 0 Å². The fourth-order valence-corrected chi connectivity index (χ4v) is 1.56. The van der Waals surface area contributed by atoms with Crippen molar-refractivity contribution in [1.29, 1.82) is 0 Å². The van der Waals surface area contributed by atoms with E-state index in [4.69, 9.17) is 5.73 Å².